The van der Waals surface area contributed by atoms with Crippen molar-refractivity contribution in [3.63, 3.8) is 0 Å². The molecule has 126 valence electrons. The molecule has 0 aliphatic rings. The molecule has 0 N–H and O–H groups in total. The highest BCUT2D eigenvalue weighted by atomic mass is 32.2. The second-order valence-electron chi connectivity index (χ2n) is 6.46. The molecule has 0 radical (unpaired) electrons. The number of hydrogen-bond acceptors (Lipinski definition) is 3. The van der Waals surface area contributed by atoms with Crippen LogP contribution in [0.5, 0.6) is 0 Å². The molecule has 0 bridgehead atoms. The molecule has 3 nitrogen and oxygen atoms in total. The van der Waals surface area contributed by atoms with Crippen molar-refractivity contribution >= 4 is 20.7 Å². The molecule has 0 saturated heterocycles. The maximum Gasteiger partial charge on any atom is 0.152 e. The minimum atomic E-state index is -2.86. The second-order valence-corrected chi connectivity index (χ2v) is 9.14. The summed E-state index contributed by atoms with van der Waals surface area (Å²) in [6, 6.07) is 10.5. The van der Waals surface area contributed by atoms with Crippen LogP contribution in [0.4, 0.5) is 0 Å². The van der Waals surface area contributed by atoms with E-state index < -0.39 is 9.84 Å². The van der Waals surface area contributed by atoms with Crippen LogP contribution in [0, 0.1) is 0 Å². The summed E-state index contributed by atoms with van der Waals surface area (Å²) in [7, 11) is -2.86. The highest BCUT2D eigenvalue weighted by molar-refractivity contribution is 7.91. The summed E-state index contributed by atoms with van der Waals surface area (Å²) in [6.45, 7) is 3.52. The lowest BCUT2D eigenvalue weighted by Gasteiger charge is -2.07. The van der Waals surface area contributed by atoms with E-state index in [1.165, 1.54) is 10.9 Å². The van der Waals surface area contributed by atoms with Gasteiger partial charge in [-0.1, -0.05) is 31.4 Å². The van der Waals surface area contributed by atoms with E-state index >= 15 is 0 Å². The smallest absolute Gasteiger partial charge is 0.152 e. The Kier molecular flexibility index (Phi) is 6.58. The lowest BCUT2D eigenvalue weighted by molar-refractivity contribution is 0.577. The summed E-state index contributed by atoms with van der Waals surface area (Å²) in [5, 5.41) is 0.953. The van der Waals surface area contributed by atoms with E-state index in [2.05, 4.69) is 29.2 Å². The van der Waals surface area contributed by atoms with Gasteiger partial charge in [0.05, 0.1) is 16.5 Å². The predicted octanol–water partition coefficient (Wildman–Crippen LogP) is 4.55. The molecule has 0 unspecified atom stereocenters. The predicted molar refractivity (Wildman–Crippen MR) is 97.5 cm³/mol. The van der Waals surface area contributed by atoms with Crippen molar-refractivity contribution in [2.75, 3.05) is 5.75 Å². The summed E-state index contributed by atoms with van der Waals surface area (Å²) in [5.41, 5.74) is 2.40. The van der Waals surface area contributed by atoms with Gasteiger partial charge in [0, 0.05) is 11.6 Å². The number of sulfone groups is 1. The number of aromatic nitrogens is 1. The van der Waals surface area contributed by atoms with Gasteiger partial charge in [-0.2, -0.15) is 0 Å². The zero-order valence-electron chi connectivity index (χ0n) is 14.2. The first kappa shape index (κ1) is 17.9. The van der Waals surface area contributed by atoms with Crippen LogP contribution in [0.25, 0.3) is 10.9 Å². The van der Waals surface area contributed by atoms with Crippen molar-refractivity contribution in [1.29, 1.82) is 0 Å². The van der Waals surface area contributed by atoms with Crippen molar-refractivity contribution in [3.05, 3.63) is 42.1 Å². The first-order chi connectivity index (χ1) is 11.0. The Labute approximate surface area is 140 Å². The Morgan fingerprint density at radius 3 is 2.52 bits per heavy atom. The van der Waals surface area contributed by atoms with Gasteiger partial charge >= 0.3 is 0 Å². The van der Waals surface area contributed by atoms with Gasteiger partial charge in [0.15, 0.2) is 9.84 Å². The Bertz CT molecular complexity index is 723. The van der Waals surface area contributed by atoms with Crippen LogP contribution in [0.15, 0.2) is 36.5 Å². The average molecular weight is 333 g/mol. The van der Waals surface area contributed by atoms with Crippen molar-refractivity contribution < 1.29 is 8.42 Å². The van der Waals surface area contributed by atoms with Crippen LogP contribution in [0.3, 0.4) is 0 Å². The third-order valence-electron chi connectivity index (χ3n) is 4.28. The molecule has 0 fully saturated rings. The number of fused-ring (bicyclic) bond motifs is 1. The van der Waals surface area contributed by atoms with E-state index in [0.29, 0.717) is 5.75 Å². The maximum absolute atomic E-state index is 11.7. The summed E-state index contributed by atoms with van der Waals surface area (Å²) in [4.78, 5) is 4.34. The number of hydrogen-bond donors (Lipinski definition) is 0. The molecular weight excluding hydrogens is 306 g/mol. The summed E-state index contributed by atoms with van der Waals surface area (Å²) < 4.78 is 23.4. The highest BCUT2D eigenvalue weighted by Crippen LogP contribution is 2.16. The molecule has 0 amide bonds. The van der Waals surface area contributed by atoms with Gasteiger partial charge < -0.3 is 0 Å². The molecule has 4 heteroatoms. The highest BCUT2D eigenvalue weighted by Gasteiger charge is 2.14. The molecule has 0 saturated carbocycles. The summed E-state index contributed by atoms with van der Waals surface area (Å²) in [6.07, 6.45) is 8.13. The first-order valence-electron chi connectivity index (χ1n) is 8.54. The first-order valence-corrected chi connectivity index (χ1v) is 10.3. The second kappa shape index (κ2) is 8.44. The minimum Gasteiger partial charge on any atom is -0.256 e. The standard InChI is InChI=1S/C19H27NO2S/c1-16(2)23(21,22)14-7-5-3-4-6-9-17-11-12-19-18(15-17)10-8-13-20-19/h8,10-13,15-16H,3-7,9,14H2,1-2H3. The number of aryl methyl sites for hydroxylation is 1. The molecule has 0 aliphatic carbocycles. The molecule has 0 aliphatic heterocycles. The Hall–Kier alpha value is -1.42. The largest absolute Gasteiger partial charge is 0.256 e. The number of pyridine rings is 1. The Morgan fingerprint density at radius 2 is 1.74 bits per heavy atom. The van der Waals surface area contributed by atoms with E-state index in [4.69, 9.17) is 0 Å². The van der Waals surface area contributed by atoms with Crippen molar-refractivity contribution in [1.82, 2.24) is 4.98 Å². The van der Waals surface area contributed by atoms with Crippen molar-refractivity contribution in [2.24, 2.45) is 0 Å². The molecule has 23 heavy (non-hydrogen) atoms. The van der Waals surface area contributed by atoms with Crippen LogP contribution in [-0.2, 0) is 16.3 Å². The SMILES string of the molecule is CC(C)S(=O)(=O)CCCCCCCc1ccc2ncccc2c1. The Balaban J connectivity index is 1.65. The zero-order chi connectivity index (χ0) is 16.7. The third kappa shape index (κ3) is 5.61. The van der Waals surface area contributed by atoms with Gasteiger partial charge in [0.25, 0.3) is 0 Å². The normalized spacial score (nSPS) is 12.1. The fourth-order valence-corrected chi connectivity index (χ4v) is 3.76. The summed E-state index contributed by atoms with van der Waals surface area (Å²) in [5.74, 6) is 0.336. The lowest BCUT2D eigenvalue weighted by Crippen LogP contribution is -2.17. The molecule has 2 rings (SSSR count). The molecule has 1 aromatic heterocycles. The topological polar surface area (TPSA) is 47.0 Å². The average Bonchev–Trinajstić information content (AvgIpc) is 2.53. The van der Waals surface area contributed by atoms with Crippen LogP contribution < -0.4 is 0 Å². The Morgan fingerprint density at radius 1 is 1.00 bits per heavy atom. The lowest BCUT2D eigenvalue weighted by atomic mass is 10.0. The number of benzene rings is 1. The fraction of sp³-hybridized carbons (Fsp3) is 0.526. The number of nitrogens with zero attached hydrogens (tertiary/aromatic N) is 1. The monoisotopic (exact) mass is 333 g/mol. The number of unbranched alkanes of at least 4 members (excludes halogenated alkanes) is 4. The van der Waals surface area contributed by atoms with Gasteiger partial charge in [-0.15, -0.1) is 0 Å². The van der Waals surface area contributed by atoms with Gasteiger partial charge in [-0.25, -0.2) is 8.42 Å². The molecule has 0 spiro atoms. The van der Waals surface area contributed by atoms with Gasteiger partial charge in [-0.3, -0.25) is 4.98 Å². The molecular formula is C19H27NO2S. The number of rotatable bonds is 9. The zero-order valence-corrected chi connectivity index (χ0v) is 15.0. The van der Waals surface area contributed by atoms with E-state index in [9.17, 15) is 8.42 Å². The minimum absolute atomic E-state index is 0.245. The van der Waals surface area contributed by atoms with Crippen LogP contribution >= 0.6 is 0 Å². The quantitative estimate of drug-likeness (QED) is 0.632. The van der Waals surface area contributed by atoms with E-state index in [1.54, 1.807) is 13.8 Å². The molecule has 1 heterocycles. The van der Waals surface area contributed by atoms with Gasteiger partial charge in [-0.05, 0) is 56.9 Å². The van der Waals surface area contributed by atoms with E-state index in [-0.39, 0.29) is 5.25 Å². The molecule has 0 atom stereocenters. The van der Waals surface area contributed by atoms with Crippen molar-refractivity contribution in [2.45, 2.75) is 57.6 Å². The van der Waals surface area contributed by atoms with Crippen LogP contribution in [0.2, 0.25) is 0 Å². The maximum atomic E-state index is 11.7. The molecule has 1 aromatic carbocycles. The third-order valence-corrected chi connectivity index (χ3v) is 6.57. The van der Waals surface area contributed by atoms with Gasteiger partial charge in [0.2, 0.25) is 0 Å². The fourth-order valence-electron chi connectivity index (χ4n) is 2.68. The molecule has 2 aromatic rings. The van der Waals surface area contributed by atoms with E-state index in [0.717, 1.165) is 44.0 Å². The van der Waals surface area contributed by atoms with Crippen LogP contribution in [-0.4, -0.2) is 24.4 Å². The summed E-state index contributed by atoms with van der Waals surface area (Å²) >= 11 is 0. The van der Waals surface area contributed by atoms with Crippen molar-refractivity contribution in [3.8, 4) is 0 Å². The van der Waals surface area contributed by atoms with Gasteiger partial charge in [0.1, 0.15) is 0 Å². The van der Waals surface area contributed by atoms with E-state index in [1.807, 2.05) is 12.3 Å². The van der Waals surface area contributed by atoms with Crippen LogP contribution in [0.1, 0.15) is 51.5 Å².